The van der Waals surface area contributed by atoms with Crippen molar-refractivity contribution in [1.29, 1.82) is 0 Å². The summed E-state index contributed by atoms with van der Waals surface area (Å²) in [6.45, 7) is 2.83. The van der Waals surface area contributed by atoms with Crippen LogP contribution in [-0.2, 0) is 9.59 Å². The highest BCUT2D eigenvalue weighted by molar-refractivity contribution is 5.79. The lowest BCUT2D eigenvalue weighted by atomic mass is 9.81. The van der Waals surface area contributed by atoms with E-state index in [1.54, 1.807) is 0 Å². The van der Waals surface area contributed by atoms with Crippen LogP contribution in [0.25, 0.3) is 0 Å². The molecule has 0 aromatic carbocycles. The maximum Gasteiger partial charge on any atom is 0.306 e. The van der Waals surface area contributed by atoms with Crippen LogP contribution < -0.4 is 5.32 Å². The van der Waals surface area contributed by atoms with Gasteiger partial charge in [0, 0.05) is 12.5 Å². The standard InChI is InChI=1S/C12H21NO3/c1-2-3-8-13-11(14)9-4-6-10(7-5-9)12(15)16/h9-10H,2-8H2,1H3,(H,13,14)(H,15,16). The average Bonchev–Trinajstić information content (AvgIpc) is 2.29. The Labute approximate surface area is 96.4 Å². The van der Waals surface area contributed by atoms with Gasteiger partial charge in [0.05, 0.1) is 5.92 Å². The summed E-state index contributed by atoms with van der Waals surface area (Å²) in [5.74, 6) is -0.811. The van der Waals surface area contributed by atoms with Crippen molar-refractivity contribution in [1.82, 2.24) is 5.32 Å². The Kier molecular flexibility index (Phi) is 5.29. The van der Waals surface area contributed by atoms with Crippen LogP contribution in [0, 0.1) is 11.8 Å². The van der Waals surface area contributed by atoms with Crippen LogP contribution in [-0.4, -0.2) is 23.5 Å². The minimum atomic E-state index is -0.718. The molecular weight excluding hydrogens is 206 g/mol. The van der Waals surface area contributed by atoms with Crippen molar-refractivity contribution in [3.63, 3.8) is 0 Å². The van der Waals surface area contributed by atoms with Crippen molar-refractivity contribution in [3.8, 4) is 0 Å². The van der Waals surface area contributed by atoms with Crippen molar-refractivity contribution < 1.29 is 14.7 Å². The molecule has 1 fully saturated rings. The summed E-state index contributed by atoms with van der Waals surface area (Å²) in [4.78, 5) is 22.4. The number of unbranched alkanes of at least 4 members (excludes halogenated alkanes) is 1. The lowest BCUT2D eigenvalue weighted by molar-refractivity contribution is -0.144. The van der Waals surface area contributed by atoms with E-state index in [1.807, 2.05) is 0 Å². The number of carbonyl (C=O) groups excluding carboxylic acids is 1. The first kappa shape index (κ1) is 13.0. The number of carboxylic acids is 1. The Morgan fingerprint density at radius 1 is 1.19 bits per heavy atom. The van der Waals surface area contributed by atoms with Crippen molar-refractivity contribution in [3.05, 3.63) is 0 Å². The Morgan fingerprint density at radius 2 is 1.75 bits per heavy atom. The normalized spacial score (nSPS) is 25.1. The van der Waals surface area contributed by atoms with E-state index in [4.69, 9.17) is 5.11 Å². The molecule has 1 aliphatic carbocycles. The van der Waals surface area contributed by atoms with Gasteiger partial charge in [0.25, 0.3) is 0 Å². The van der Waals surface area contributed by atoms with Crippen molar-refractivity contribution >= 4 is 11.9 Å². The van der Waals surface area contributed by atoms with Gasteiger partial charge >= 0.3 is 5.97 Å². The fraction of sp³-hybridized carbons (Fsp3) is 0.833. The summed E-state index contributed by atoms with van der Waals surface area (Å²) in [6, 6.07) is 0. The molecule has 0 aromatic rings. The number of aliphatic carboxylic acids is 1. The third-order valence-corrected chi connectivity index (χ3v) is 3.28. The molecule has 0 saturated heterocycles. The third-order valence-electron chi connectivity index (χ3n) is 3.28. The molecule has 0 aromatic heterocycles. The maximum absolute atomic E-state index is 11.7. The first-order valence-electron chi connectivity index (χ1n) is 6.15. The van der Waals surface area contributed by atoms with E-state index >= 15 is 0 Å². The maximum atomic E-state index is 11.7. The molecule has 0 atom stereocenters. The lowest BCUT2D eigenvalue weighted by Crippen LogP contribution is -2.34. The van der Waals surface area contributed by atoms with Crippen LogP contribution in [0.5, 0.6) is 0 Å². The first-order valence-corrected chi connectivity index (χ1v) is 6.15. The summed E-state index contributed by atoms with van der Waals surface area (Å²) in [5, 5.41) is 11.7. The van der Waals surface area contributed by atoms with Gasteiger partial charge < -0.3 is 10.4 Å². The molecule has 4 nitrogen and oxygen atoms in total. The Morgan fingerprint density at radius 3 is 2.25 bits per heavy atom. The second-order valence-electron chi connectivity index (χ2n) is 4.53. The van der Waals surface area contributed by atoms with E-state index in [9.17, 15) is 9.59 Å². The number of hydrogen-bond donors (Lipinski definition) is 2. The van der Waals surface area contributed by atoms with Crippen molar-refractivity contribution in [2.24, 2.45) is 11.8 Å². The summed E-state index contributed by atoms with van der Waals surface area (Å²) in [6.07, 6.45) is 4.80. The Balaban J connectivity index is 2.25. The summed E-state index contributed by atoms with van der Waals surface area (Å²) < 4.78 is 0. The molecule has 1 amide bonds. The zero-order chi connectivity index (χ0) is 12.0. The Bertz CT molecular complexity index is 245. The highest BCUT2D eigenvalue weighted by atomic mass is 16.4. The van der Waals surface area contributed by atoms with Gasteiger partial charge in [-0.25, -0.2) is 0 Å². The van der Waals surface area contributed by atoms with E-state index in [0.29, 0.717) is 12.8 Å². The molecule has 16 heavy (non-hydrogen) atoms. The summed E-state index contributed by atoms with van der Waals surface area (Å²) in [5.41, 5.74) is 0. The fourth-order valence-corrected chi connectivity index (χ4v) is 2.14. The highest BCUT2D eigenvalue weighted by Crippen LogP contribution is 2.28. The Hall–Kier alpha value is -1.06. The van der Waals surface area contributed by atoms with Crippen LogP contribution >= 0.6 is 0 Å². The summed E-state index contributed by atoms with van der Waals surface area (Å²) in [7, 11) is 0. The largest absolute Gasteiger partial charge is 0.481 e. The number of nitrogens with one attached hydrogen (secondary N) is 1. The second-order valence-corrected chi connectivity index (χ2v) is 4.53. The minimum Gasteiger partial charge on any atom is -0.481 e. The van der Waals surface area contributed by atoms with E-state index in [1.165, 1.54) is 0 Å². The molecular formula is C12H21NO3. The van der Waals surface area contributed by atoms with Gasteiger partial charge in [-0.15, -0.1) is 0 Å². The molecule has 0 unspecified atom stereocenters. The number of carboxylic acid groups (broad SMARTS) is 1. The highest BCUT2D eigenvalue weighted by Gasteiger charge is 2.29. The monoisotopic (exact) mass is 227 g/mol. The van der Waals surface area contributed by atoms with Gasteiger partial charge in [-0.2, -0.15) is 0 Å². The molecule has 0 radical (unpaired) electrons. The topological polar surface area (TPSA) is 66.4 Å². The predicted octanol–water partition coefficient (Wildman–Crippen LogP) is 1.79. The van der Waals surface area contributed by atoms with Gasteiger partial charge in [-0.05, 0) is 32.1 Å². The number of carbonyl (C=O) groups is 2. The van der Waals surface area contributed by atoms with Gasteiger partial charge in [0.15, 0.2) is 0 Å². The van der Waals surface area contributed by atoms with Gasteiger partial charge in [0.2, 0.25) is 5.91 Å². The smallest absolute Gasteiger partial charge is 0.306 e. The van der Waals surface area contributed by atoms with E-state index in [2.05, 4.69) is 12.2 Å². The molecule has 0 aliphatic heterocycles. The SMILES string of the molecule is CCCCNC(=O)C1CCC(C(=O)O)CC1. The van der Waals surface area contributed by atoms with Crippen LogP contribution in [0.2, 0.25) is 0 Å². The quantitative estimate of drug-likeness (QED) is 0.704. The predicted molar refractivity (Wildman–Crippen MR) is 61.0 cm³/mol. The second kappa shape index (κ2) is 6.51. The molecule has 1 aliphatic rings. The number of hydrogen-bond acceptors (Lipinski definition) is 2. The van der Waals surface area contributed by atoms with Crippen LogP contribution in [0.15, 0.2) is 0 Å². The molecule has 4 heteroatoms. The van der Waals surface area contributed by atoms with Gasteiger partial charge in [-0.1, -0.05) is 13.3 Å². The molecule has 0 spiro atoms. The van der Waals surface area contributed by atoms with E-state index in [-0.39, 0.29) is 17.7 Å². The van der Waals surface area contributed by atoms with Gasteiger partial charge in [0.1, 0.15) is 0 Å². The molecule has 1 saturated carbocycles. The van der Waals surface area contributed by atoms with E-state index < -0.39 is 5.97 Å². The molecule has 2 N–H and O–H groups in total. The van der Waals surface area contributed by atoms with Crippen LogP contribution in [0.3, 0.4) is 0 Å². The van der Waals surface area contributed by atoms with Crippen LogP contribution in [0.4, 0.5) is 0 Å². The zero-order valence-corrected chi connectivity index (χ0v) is 9.87. The zero-order valence-electron chi connectivity index (χ0n) is 9.87. The number of amides is 1. The first-order chi connectivity index (χ1) is 7.65. The molecule has 0 bridgehead atoms. The lowest BCUT2D eigenvalue weighted by Gasteiger charge is -2.25. The third kappa shape index (κ3) is 3.83. The van der Waals surface area contributed by atoms with Gasteiger partial charge in [-0.3, -0.25) is 9.59 Å². The fourth-order valence-electron chi connectivity index (χ4n) is 2.14. The molecule has 0 heterocycles. The van der Waals surface area contributed by atoms with Crippen molar-refractivity contribution in [2.75, 3.05) is 6.54 Å². The number of rotatable bonds is 5. The molecule has 1 rings (SSSR count). The average molecular weight is 227 g/mol. The van der Waals surface area contributed by atoms with E-state index in [0.717, 1.165) is 32.2 Å². The van der Waals surface area contributed by atoms with Crippen LogP contribution in [0.1, 0.15) is 45.4 Å². The molecule has 92 valence electrons. The minimum absolute atomic E-state index is 0.0347. The van der Waals surface area contributed by atoms with Crippen molar-refractivity contribution in [2.45, 2.75) is 45.4 Å². The summed E-state index contributed by atoms with van der Waals surface area (Å²) >= 11 is 0.